The lowest BCUT2D eigenvalue weighted by Crippen LogP contribution is -2.50. The number of amides is 1. The van der Waals surface area contributed by atoms with Crippen molar-refractivity contribution in [1.29, 1.82) is 0 Å². The van der Waals surface area contributed by atoms with Crippen LogP contribution in [0.1, 0.15) is 32.4 Å². The van der Waals surface area contributed by atoms with Gasteiger partial charge in [0.2, 0.25) is 0 Å². The van der Waals surface area contributed by atoms with E-state index in [0.29, 0.717) is 25.2 Å². The number of alkyl halides is 3. The molecule has 1 fully saturated rings. The summed E-state index contributed by atoms with van der Waals surface area (Å²) >= 11 is 0. The number of carbonyl (C=O) groups excluding carboxylic acids is 1. The van der Waals surface area contributed by atoms with E-state index in [1.165, 1.54) is 17.2 Å². The number of pyridine rings is 1. The molecule has 1 saturated heterocycles. The van der Waals surface area contributed by atoms with Crippen LogP contribution in [0.5, 0.6) is 5.75 Å². The molecule has 0 bridgehead atoms. The first-order valence-electron chi connectivity index (χ1n) is 7.46. The van der Waals surface area contributed by atoms with E-state index < -0.39 is 29.8 Å². The summed E-state index contributed by atoms with van der Waals surface area (Å²) in [6.07, 6.45) is -2.92. The Bertz CT molecular complexity index is 587. The topological polar surface area (TPSA) is 63.7 Å². The van der Waals surface area contributed by atoms with E-state index in [1.807, 2.05) is 0 Å². The van der Waals surface area contributed by atoms with Crippen LogP contribution >= 0.6 is 0 Å². The number of piperazine rings is 1. The highest BCUT2D eigenvalue weighted by atomic mass is 19.4. The highest BCUT2D eigenvalue weighted by Crippen LogP contribution is 2.28. The molecule has 9 heteroatoms. The number of halogens is 3. The summed E-state index contributed by atoms with van der Waals surface area (Å²) in [7, 11) is 0. The minimum absolute atomic E-state index is 0.379. The van der Waals surface area contributed by atoms with Crippen LogP contribution in [0.25, 0.3) is 0 Å². The van der Waals surface area contributed by atoms with Crippen molar-refractivity contribution in [3.8, 4) is 5.75 Å². The van der Waals surface area contributed by atoms with Crippen molar-refractivity contribution in [3.05, 3.63) is 24.0 Å². The second kappa shape index (κ2) is 6.84. The molecule has 1 aromatic heterocycles. The monoisotopic (exact) mass is 347 g/mol. The first kappa shape index (κ1) is 18.3. The molecule has 2 heterocycles. The lowest BCUT2D eigenvalue weighted by Gasteiger charge is -2.37. The Morgan fingerprint density at radius 2 is 2.04 bits per heavy atom. The number of nitrogens with one attached hydrogen (secondary N) is 1. The van der Waals surface area contributed by atoms with Crippen LogP contribution in [0.4, 0.5) is 18.0 Å². The summed E-state index contributed by atoms with van der Waals surface area (Å²) in [5, 5.41) is 3.11. The van der Waals surface area contributed by atoms with Gasteiger partial charge in [-0.1, -0.05) is 0 Å². The van der Waals surface area contributed by atoms with Gasteiger partial charge in [-0.05, 0) is 32.4 Å². The molecule has 0 spiro atoms. The Labute approximate surface area is 137 Å². The third-order valence-electron chi connectivity index (χ3n) is 3.22. The standard InChI is InChI=1S/C15H20F3N3O3/c1-14(2,3)24-13(22)21-5-4-19-9-12(21)10-6-11(8-20-7-10)23-15(16,17)18/h6-8,12,19H,4-5,9H2,1-3H3. The van der Waals surface area contributed by atoms with Crippen LogP contribution in [-0.2, 0) is 4.74 Å². The van der Waals surface area contributed by atoms with Gasteiger partial charge in [0.15, 0.2) is 0 Å². The largest absolute Gasteiger partial charge is 0.573 e. The van der Waals surface area contributed by atoms with Gasteiger partial charge >= 0.3 is 12.5 Å². The van der Waals surface area contributed by atoms with Gasteiger partial charge in [0.25, 0.3) is 0 Å². The van der Waals surface area contributed by atoms with Gasteiger partial charge in [-0.2, -0.15) is 0 Å². The first-order valence-corrected chi connectivity index (χ1v) is 7.46. The predicted molar refractivity (Wildman–Crippen MR) is 79.5 cm³/mol. The number of nitrogens with zero attached hydrogens (tertiary/aromatic N) is 2. The Hall–Kier alpha value is -2.03. The molecule has 1 atom stereocenters. The summed E-state index contributed by atoms with van der Waals surface area (Å²) in [6, 6.07) is 0.744. The number of hydrogen-bond donors (Lipinski definition) is 1. The maximum atomic E-state index is 12.4. The summed E-state index contributed by atoms with van der Waals surface area (Å²) in [5.41, 5.74) is -0.221. The molecular weight excluding hydrogens is 327 g/mol. The number of aromatic nitrogens is 1. The zero-order valence-electron chi connectivity index (χ0n) is 13.7. The van der Waals surface area contributed by atoms with Crippen LogP contribution in [-0.4, -0.2) is 47.6 Å². The molecular formula is C15H20F3N3O3. The smallest absolute Gasteiger partial charge is 0.444 e. The average Bonchev–Trinajstić information content (AvgIpc) is 2.44. The number of rotatable bonds is 2. The van der Waals surface area contributed by atoms with Crippen LogP contribution < -0.4 is 10.1 Å². The molecule has 1 aliphatic heterocycles. The Balaban J connectivity index is 2.21. The third-order valence-corrected chi connectivity index (χ3v) is 3.22. The summed E-state index contributed by atoms with van der Waals surface area (Å²) in [6.45, 7) is 6.59. The maximum absolute atomic E-state index is 12.4. The summed E-state index contributed by atoms with van der Waals surface area (Å²) in [4.78, 5) is 17.6. The van der Waals surface area contributed by atoms with Crippen LogP contribution in [0.15, 0.2) is 18.5 Å². The second-order valence-electron chi connectivity index (χ2n) is 6.40. The number of hydrogen-bond acceptors (Lipinski definition) is 5. The van der Waals surface area contributed by atoms with Crippen molar-refractivity contribution in [2.75, 3.05) is 19.6 Å². The fraction of sp³-hybridized carbons (Fsp3) is 0.600. The summed E-state index contributed by atoms with van der Waals surface area (Å²) in [5.74, 6) is -0.422. The Morgan fingerprint density at radius 3 is 2.67 bits per heavy atom. The zero-order valence-corrected chi connectivity index (χ0v) is 13.7. The number of carbonyl (C=O) groups is 1. The van der Waals surface area contributed by atoms with E-state index in [-0.39, 0.29) is 0 Å². The maximum Gasteiger partial charge on any atom is 0.573 e. The molecule has 134 valence electrons. The minimum atomic E-state index is -4.80. The van der Waals surface area contributed by atoms with Gasteiger partial charge in [0.05, 0.1) is 12.2 Å². The molecule has 1 aliphatic rings. The third kappa shape index (κ3) is 5.26. The van der Waals surface area contributed by atoms with Crippen molar-refractivity contribution < 1.29 is 27.4 Å². The van der Waals surface area contributed by atoms with Crippen molar-refractivity contribution in [2.45, 2.75) is 38.8 Å². The Kier molecular flexibility index (Phi) is 5.22. The van der Waals surface area contributed by atoms with Crippen LogP contribution in [0.2, 0.25) is 0 Å². The van der Waals surface area contributed by atoms with Crippen LogP contribution in [0, 0.1) is 0 Å². The molecule has 1 aromatic rings. The van der Waals surface area contributed by atoms with Gasteiger partial charge in [-0.3, -0.25) is 9.88 Å². The molecule has 1 N–H and O–H groups in total. The van der Waals surface area contributed by atoms with Gasteiger partial charge in [0.1, 0.15) is 11.4 Å². The number of ether oxygens (including phenoxy) is 2. The second-order valence-corrected chi connectivity index (χ2v) is 6.40. The molecule has 0 aromatic carbocycles. The van der Waals surface area contributed by atoms with Gasteiger partial charge in [-0.25, -0.2) is 4.79 Å². The molecule has 2 rings (SSSR count). The van der Waals surface area contributed by atoms with Crippen molar-refractivity contribution in [3.63, 3.8) is 0 Å². The fourth-order valence-electron chi connectivity index (χ4n) is 2.35. The van der Waals surface area contributed by atoms with E-state index in [0.717, 1.165) is 6.20 Å². The highest BCUT2D eigenvalue weighted by molar-refractivity contribution is 5.69. The Morgan fingerprint density at radius 1 is 1.33 bits per heavy atom. The highest BCUT2D eigenvalue weighted by Gasteiger charge is 2.34. The molecule has 1 amide bonds. The summed E-state index contributed by atoms with van der Waals surface area (Å²) < 4.78 is 46.3. The lowest BCUT2D eigenvalue weighted by atomic mass is 10.1. The van der Waals surface area contributed by atoms with Crippen molar-refractivity contribution in [1.82, 2.24) is 15.2 Å². The van der Waals surface area contributed by atoms with Crippen molar-refractivity contribution in [2.24, 2.45) is 0 Å². The predicted octanol–water partition coefficient (Wildman–Crippen LogP) is 2.86. The van der Waals surface area contributed by atoms with Gasteiger partial charge in [0, 0.05) is 25.8 Å². The molecule has 0 aliphatic carbocycles. The van der Waals surface area contributed by atoms with Gasteiger partial charge < -0.3 is 14.8 Å². The zero-order chi connectivity index (χ0) is 18.0. The van der Waals surface area contributed by atoms with E-state index in [4.69, 9.17) is 4.74 Å². The molecule has 24 heavy (non-hydrogen) atoms. The van der Waals surface area contributed by atoms with Gasteiger partial charge in [-0.15, -0.1) is 13.2 Å². The van der Waals surface area contributed by atoms with E-state index in [1.54, 1.807) is 20.8 Å². The quantitative estimate of drug-likeness (QED) is 0.891. The molecule has 6 nitrogen and oxygen atoms in total. The van der Waals surface area contributed by atoms with Crippen molar-refractivity contribution >= 4 is 6.09 Å². The SMILES string of the molecule is CC(C)(C)OC(=O)N1CCNCC1c1cncc(OC(F)(F)F)c1. The van der Waals surface area contributed by atoms with E-state index in [2.05, 4.69) is 15.0 Å². The first-order chi connectivity index (χ1) is 11.1. The lowest BCUT2D eigenvalue weighted by molar-refractivity contribution is -0.274. The molecule has 0 saturated carbocycles. The fourth-order valence-corrected chi connectivity index (χ4v) is 2.35. The normalized spacial score (nSPS) is 19.1. The average molecular weight is 347 g/mol. The van der Waals surface area contributed by atoms with E-state index in [9.17, 15) is 18.0 Å². The molecule has 0 radical (unpaired) electrons. The van der Waals surface area contributed by atoms with E-state index >= 15 is 0 Å². The van der Waals surface area contributed by atoms with Crippen LogP contribution in [0.3, 0.4) is 0 Å². The minimum Gasteiger partial charge on any atom is -0.444 e. The molecule has 1 unspecified atom stereocenters.